The topological polar surface area (TPSA) is 66.7 Å². The summed E-state index contributed by atoms with van der Waals surface area (Å²) in [7, 11) is 0. The van der Waals surface area contributed by atoms with Crippen molar-refractivity contribution in [3.8, 4) is 16.8 Å². The molecule has 15 rings (SSSR count). The minimum Gasteiger partial charge on any atom is -0.454 e. The molecule has 0 saturated carbocycles. The van der Waals surface area contributed by atoms with Gasteiger partial charge >= 0.3 is 0 Å². The van der Waals surface area contributed by atoms with Crippen LogP contribution < -0.4 is 14.7 Å². The third kappa shape index (κ3) is 7.61. The van der Waals surface area contributed by atoms with Crippen LogP contribution in [0.15, 0.2) is 288 Å². The van der Waals surface area contributed by atoms with Gasteiger partial charge < -0.3 is 28.1 Å². The molecule has 0 bridgehead atoms. The summed E-state index contributed by atoms with van der Waals surface area (Å²) in [5.74, 6) is 0. The van der Waals surface area contributed by atoms with Crippen molar-refractivity contribution in [2.24, 2.45) is 0 Å². The van der Waals surface area contributed by atoms with Crippen molar-refractivity contribution in [3.63, 3.8) is 0 Å². The molecule has 0 unspecified atom stereocenters. The van der Waals surface area contributed by atoms with Crippen LogP contribution in [0.3, 0.4) is 0 Å². The second-order valence-corrected chi connectivity index (χ2v) is 19.5. The number of rotatable bonds is 11. The number of fused-ring (bicyclic) bond motifs is 9. The summed E-state index contributed by atoms with van der Waals surface area (Å²) in [4.78, 5) is 16.3. The van der Waals surface area contributed by atoms with Crippen LogP contribution in [-0.2, 0) is 0 Å². The summed E-state index contributed by atoms with van der Waals surface area (Å²) in [5.41, 5.74) is 17.1. The lowest BCUT2D eigenvalue weighted by Crippen LogP contribution is -2.13. The zero-order chi connectivity index (χ0) is 51.5. The minimum atomic E-state index is 0.599. The number of benzene rings is 10. The Bertz CT molecular complexity index is 4650. The number of nitrogens with zero attached hydrogens (tertiary/aromatic N) is 6. The molecule has 0 amide bonds. The van der Waals surface area contributed by atoms with Crippen LogP contribution >= 0.6 is 0 Å². The van der Waals surface area contributed by atoms with Gasteiger partial charge in [-0.2, -0.15) is 0 Å². The Labute approximate surface area is 449 Å². The zero-order valence-electron chi connectivity index (χ0n) is 42.1. The summed E-state index contributed by atoms with van der Waals surface area (Å²) in [6.45, 7) is 0. The van der Waals surface area contributed by atoms with E-state index in [0.717, 1.165) is 117 Å². The molecule has 10 aromatic carbocycles. The number of aromatic nitrogens is 3. The summed E-state index contributed by atoms with van der Waals surface area (Å²) in [6, 6.07) is 92.0. The molecule has 15 aromatic rings. The van der Waals surface area contributed by atoms with E-state index in [-0.39, 0.29) is 0 Å². The van der Waals surface area contributed by atoms with E-state index in [0.29, 0.717) is 5.71 Å². The Morgan fingerprint density at radius 3 is 1.68 bits per heavy atom. The van der Waals surface area contributed by atoms with Gasteiger partial charge in [0.15, 0.2) is 5.58 Å². The van der Waals surface area contributed by atoms with E-state index in [1.807, 2.05) is 36.7 Å². The second kappa shape index (κ2) is 18.6. The number of hydrogen-bond acceptors (Lipinski definition) is 7. The molecule has 0 fully saturated rings. The largest absolute Gasteiger partial charge is 0.454 e. The van der Waals surface area contributed by atoms with Gasteiger partial charge in [-0.15, -0.1) is 0 Å². The van der Waals surface area contributed by atoms with Gasteiger partial charge in [-0.05, 0) is 139 Å². The number of furan rings is 2. The first kappa shape index (κ1) is 44.8. The molecule has 0 atom stereocenters. The maximum absolute atomic E-state index is 7.21. The Kier molecular flexibility index (Phi) is 10.7. The SMILES string of the molecule is c1ccc(N(c2ccccc2)c2cc(N(c3ccccc3)c3ccc4c5ccccc5n(-c5ccccc5)c4c3)c3oc4ccc(-c5cccc(N(c6cccnc6)c6cnc7oc8ccccc8c7c6)c5)cc4c3c2)cc1. The molecule has 0 radical (unpaired) electrons. The number of para-hydroxylation sites is 6. The lowest BCUT2D eigenvalue weighted by molar-refractivity contribution is 0.654. The van der Waals surface area contributed by atoms with Crippen molar-refractivity contribution in [2.75, 3.05) is 14.7 Å². The van der Waals surface area contributed by atoms with Crippen LogP contribution in [0.2, 0.25) is 0 Å². The van der Waals surface area contributed by atoms with Gasteiger partial charge in [0, 0.05) is 72.9 Å². The third-order valence-electron chi connectivity index (χ3n) is 14.8. The molecule has 78 heavy (non-hydrogen) atoms. The van der Waals surface area contributed by atoms with Gasteiger partial charge in [0.2, 0.25) is 5.71 Å². The van der Waals surface area contributed by atoms with Crippen molar-refractivity contribution in [2.45, 2.75) is 0 Å². The highest BCUT2D eigenvalue weighted by Crippen LogP contribution is 2.49. The van der Waals surface area contributed by atoms with Crippen LogP contribution in [0.1, 0.15) is 0 Å². The highest BCUT2D eigenvalue weighted by atomic mass is 16.3. The van der Waals surface area contributed by atoms with E-state index in [1.165, 1.54) is 10.8 Å². The van der Waals surface area contributed by atoms with E-state index in [1.54, 1.807) is 6.20 Å². The van der Waals surface area contributed by atoms with Crippen LogP contribution in [0.4, 0.5) is 51.2 Å². The number of hydrogen-bond donors (Lipinski definition) is 0. The van der Waals surface area contributed by atoms with Crippen molar-refractivity contribution >= 4 is 117 Å². The molecule has 368 valence electrons. The van der Waals surface area contributed by atoms with Gasteiger partial charge in [-0.25, -0.2) is 4.98 Å². The highest BCUT2D eigenvalue weighted by molar-refractivity contribution is 6.15. The fraction of sp³-hybridized carbons (Fsp3) is 0. The first-order chi connectivity index (χ1) is 38.7. The van der Waals surface area contributed by atoms with Gasteiger partial charge in [-0.1, -0.05) is 133 Å². The molecular formula is C70H46N6O2. The van der Waals surface area contributed by atoms with Crippen LogP contribution in [0.5, 0.6) is 0 Å². The minimum absolute atomic E-state index is 0.599. The van der Waals surface area contributed by atoms with Crippen LogP contribution in [0.25, 0.3) is 82.6 Å². The first-order valence-electron chi connectivity index (χ1n) is 26.1. The molecule has 0 spiro atoms. The van der Waals surface area contributed by atoms with Crippen LogP contribution in [0, 0.1) is 0 Å². The molecule has 0 aliphatic heterocycles. The van der Waals surface area contributed by atoms with Gasteiger partial charge in [0.1, 0.15) is 11.2 Å². The monoisotopic (exact) mass is 1000 g/mol. The molecule has 8 nitrogen and oxygen atoms in total. The highest BCUT2D eigenvalue weighted by Gasteiger charge is 2.26. The predicted molar refractivity (Wildman–Crippen MR) is 320 cm³/mol. The van der Waals surface area contributed by atoms with Gasteiger partial charge in [0.05, 0.1) is 45.9 Å². The van der Waals surface area contributed by atoms with E-state index in [4.69, 9.17) is 13.8 Å². The molecule has 0 saturated heterocycles. The molecule has 5 heterocycles. The van der Waals surface area contributed by atoms with Crippen molar-refractivity contribution in [1.29, 1.82) is 0 Å². The lowest BCUT2D eigenvalue weighted by atomic mass is 10.0. The zero-order valence-corrected chi connectivity index (χ0v) is 42.1. The summed E-state index contributed by atoms with van der Waals surface area (Å²) < 4.78 is 15.7. The molecule has 0 N–H and O–H groups in total. The van der Waals surface area contributed by atoms with Crippen molar-refractivity contribution in [3.05, 3.63) is 279 Å². The summed E-state index contributed by atoms with van der Waals surface area (Å²) in [5, 5.41) is 6.32. The van der Waals surface area contributed by atoms with Gasteiger partial charge in [-0.3, -0.25) is 4.98 Å². The third-order valence-corrected chi connectivity index (χ3v) is 14.8. The number of pyridine rings is 2. The molecular weight excluding hydrogens is 957 g/mol. The number of anilines is 9. The Morgan fingerprint density at radius 2 is 0.923 bits per heavy atom. The molecule has 0 aliphatic rings. The quantitative estimate of drug-likeness (QED) is 0.128. The fourth-order valence-corrected chi connectivity index (χ4v) is 11.4. The van der Waals surface area contributed by atoms with E-state index >= 15 is 0 Å². The van der Waals surface area contributed by atoms with E-state index in [2.05, 4.69) is 261 Å². The summed E-state index contributed by atoms with van der Waals surface area (Å²) in [6.07, 6.45) is 5.56. The Balaban J connectivity index is 0.945. The Morgan fingerprint density at radius 1 is 0.321 bits per heavy atom. The average Bonchev–Trinajstić information content (AvgIpc) is 4.32. The predicted octanol–water partition coefficient (Wildman–Crippen LogP) is 19.4. The van der Waals surface area contributed by atoms with E-state index < -0.39 is 0 Å². The van der Waals surface area contributed by atoms with Gasteiger partial charge in [0.25, 0.3) is 0 Å². The lowest BCUT2D eigenvalue weighted by Gasteiger charge is -2.29. The van der Waals surface area contributed by atoms with Crippen molar-refractivity contribution < 1.29 is 8.83 Å². The fourth-order valence-electron chi connectivity index (χ4n) is 11.4. The smallest absolute Gasteiger partial charge is 0.227 e. The average molecular weight is 1000 g/mol. The Hall–Kier alpha value is -10.7. The molecule has 0 aliphatic carbocycles. The second-order valence-electron chi connectivity index (χ2n) is 19.5. The maximum Gasteiger partial charge on any atom is 0.227 e. The maximum atomic E-state index is 7.21. The molecule has 8 heteroatoms. The van der Waals surface area contributed by atoms with Crippen molar-refractivity contribution in [1.82, 2.24) is 14.5 Å². The van der Waals surface area contributed by atoms with Crippen LogP contribution in [-0.4, -0.2) is 14.5 Å². The normalized spacial score (nSPS) is 11.6. The van der Waals surface area contributed by atoms with E-state index in [9.17, 15) is 0 Å². The first-order valence-corrected chi connectivity index (χ1v) is 26.1. The standard InChI is InChI=1S/C70H46N6O2/c1-5-20-49(21-6-1)73(50-22-7-2-8-23-50)56-41-62-61-40-48(47-19-17-28-53(39-47)74(55-29-18-38-71-45-55)57-42-63-60-31-14-16-33-67(60)78-70(63)72-46-57)34-37-68(61)77-69(62)66(44-56)75(51-24-9-3-10-25-51)54-35-36-59-58-30-13-15-32-64(58)76(65(59)43-54)52-26-11-4-12-27-52/h1-46H. The molecule has 5 aromatic heterocycles. The summed E-state index contributed by atoms with van der Waals surface area (Å²) >= 11 is 0.